The largest absolute Gasteiger partial charge is 0.315 e. The minimum atomic E-state index is -3.22. The number of nitrogens with two attached hydrogens (primary N) is 1. The molecule has 0 spiro atoms. The molecular formula is C8H18N2O2S. The van der Waals surface area contributed by atoms with Gasteiger partial charge in [0.15, 0.2) is 0 Å². The summed E-state index contributed by atoms with van der Waals surface area (Å²) in [5.41, 5.74) is 5.71. The van der Waals surface area contributed by atoms with E-state index in [0.29, 0.717) is 6.54 Å². The van der Waals surface area contributed by atoms with Crippen LogP contribution in [0.4, 0.5) is 0 Å². The molecule has 1 aliphatic heterocycles. The minimum Gasteiger partial charge on any atom is -0.315 e. The molecule has 13 heavy (non-hydrogen) atoms. The average Bonchev–Trinajstić information content (AvgIpc) is 2.32. The van der Waals surface area contributed by atoms with E-state index in [1.807, 2.05) is 0 Å². The highest BCUT2D eigenvalue weighted by Crippen LogP contribution is 2.26. The van der Waals surface area contributed by atoms with Crippen LogP contribution in [0.15, 0.2) is 0 Å². The van der Waals surface area contributed by atoms with Crippen molar-refractivity contribution in [2.45, 2.75) is 44.5 Å². The molecule has 0 aromatic carbocycles. The molecule has 1 fully saturated rings. The van der Waals surface area contributed by atoms with E-state index >= 15 is 0 Å². The molecular weight excluding hydrogens is 188 g/mol. The third kappa shape index (κ3) is 1.87. The van der Waals surface area contributed by atoms with Crippen molar-refractivity contribution in [2.75, 3.05) is 6.54 Å². The average molecular weight is 206 g/mol. The molecule has 1 atom stereocenters. The molecule has 0 radical (unpaired) electrons. The monoisotopic (exact) mass is 206 g/mol. The Morgan fingerprint density at radius 2 is 1.92 bits per heavy atom. The molecule has 0 aromatic rings. The molecule has 1 rings (SSSR count). The quantitative estimate of drug-likeness (QED) is 0.679. The Morgan fingerprint density at radius 3 is 2.23 bits per heavy atom. The molecule has 0 aromatic heterocycles. The highest BCUT2D eigenvalue weighted by atomic mass is 32.2. The van der Waals surface area contributed by atoms with Gasteiger partial charge in [-0.15, -0.1) is 0 Å². The Kier molecular flexibility index (Phi) is 2.71. The molecule has 1 saturated heterocycles. The fourth-order valence-electron chi connectivity index (χ4n) is 1.42. The molecule has 1 aliphatic rings. The summed E-state index contributed by atoms with van der Waals surface area (Å²) in [7, 11) is -3.22. The topological polar surface area (TPSA) is 63.4 Å². The van der Waals surface area contributed by atoms with Crippen molar-refractivity contribution in [1.82, 2.24) is 4.31 Å². The van der Waals surface area contributed by atoms with Gasteiger partial charge in [0.05, 0.1) is 10.9 Å². The van der Waals surface area contributed by atoms with Crippen LogP contribution in [0.1, 0.15) is 33.6 Å². The molecule has 1 unspecified atom stereocenters. The molecule has 5 heteroatoms. The molecule has 4 nitrogen and oxygen atoms in total. The van der Waals surface area contributed by atoms with Crippen LogP contribution in [0, 0.1) is 0 Å². The summed E-state index contributed by atoms with van der Waals surface area (Å²) in [4.78, 5) is 0. The molecule has 2 N–H and O–H groups in total. The van der Waals surface area contributed by atoms with Gasteiger partial charge >= 0.3 is 0 Å². The molecule has 78 valence electrons. The van der Waals surface area contributed by atoms with Gasteiger partial charge in [-0.25, -0.2) is 8.42 Å². The van der Waals surface area contributed by atoms with Gasteiger partial charge in [0.1, 0.15) is 0 Å². The Labute approximate surface area is 80.1 Å². The summed E-state index contributed by atoms with van der Waals surface area (Å²) >= 11 is 0. The smallest absolute Gasteiger partial charge is 0.220 e. The van der Waals surface area contributed by atoms with Crippen LogP contribution in [0.25, 0.3) is 0 Å². The van der Waals surface area contributed by atoms with Crippen molar-refractivity contribution in [3.05, 3.63) is 0 Å². The minimum absolute atomic E-state index is 0.316. The van der Waals surface area contributed by atoms with E-state index in [9.17, 15) is 8.42 Å². The van der Waals surface area contributed by atoms with Gasteiger partial charge in [-0.3, -0.25) is 0 Å². The SMILES string of the molecule is CC(C)(C)S(=O)(=O)N1CCCC1N. The van der Waals surface area contributed by atoms with Gasteiger partial charge in [0.2, 0.25) is 10.0 Å². The summed E-state index contributed by atoms with van der Waals surface area (Å²) in [5, 5.41) is 0. The van der Waals surface area contributed by atoms with Crippen molar-refractivity contribution in [1.29, 1.82) is 0 Å². The molecule has 0 bridgehead atoms. The van der Waals surface area contributed by atoms with E-state index in [1.54, 1.807) is 20.8 Å². The van der Waals surface area contributed by atoms with Gasteiger partial charge in [0.25, 0.3) is 0 Å². The Morgan fingerprint density at radius 1 is 1.38 bits per heavy atom. The van der Waals surface area contributed by atoms with Gasteiger partial charge in [0, 0.05) is 6.54 Å². The maximum absolute atomic E-state index is 11.9. The third-order valence-electron chi connectivity index (χ3n) is 2.33. The maximum atomic E-state index is 11.9. The van der Waals surface area contributed by atoms with Crippen LogP contribution < -0.4 is 5.73 Å². The van der Waals surface area contributed by atoms with Crippen molar-refractivity contribution in [2.24, 2.45) is 5.73 Å². The third-order valence-corrected chi connectivity index (χ3v) is 4.95. The lowest BCUT2D eigenvalue weighted by Crippen LogP contribution is -2.48. The summed E-state index contributed by atoms with van der Waals surface area (Å²) in [5.74, 6) is 0. The standard InChI is InChI=1S/C8H18N2O2S/c1-8(2,3)13(11,12)10-6-4-5-7(10)9/h7H,4-6,9H2,1-3H3. The first-order valence-electron chi connectivity index (χ1n) is 4.54. The zero-order valence-corrected chi connectivity index (χ0v) is 9.26. The van der Waals surface area contributed by atoms with E-state index in [-0.39, 0.29) is 6.17 Å². The van der Waals surface area contributed by atoms with Crippen molar-refractivity contribution >= 4 is 10.0 Å². The van der Waals surface area contributed by atoms with Gasteiger partial charge in [-0.1, -0.05) is 0 Å². The van der Waals surface area contributed by atoms with Gasteiger partial charge < -0.3 is 5.73 Å². The van der Waals surface area contributed by atoms with E-state index in [1.165, 1.54) is 4.31 Å². The van der Waals surface area contributed by atoms with Crippen molar-refractivity contribution in [3.63, 3.8) is 0 Å². The second-order valence-corrected chi connectivity index (χ2v) is 7.08. The second-order valence-electron chi connectivity index (χ2n) is 4.44. The van der Waals surface area contributed by atoms with Crippen LogP contribution >= 0.6 is 0 Å². The van der Waals surface area contributed by atoms with Gasteiger partial charge in [-0.05, 0) is 33.6 Å². The Bertz CT molecular complexity index is 279. The van der Waals surface area contributed by atoms with Crippen LogP contribution in [0.3, 0.4) is 0 Å². The molecule has 0 amide bonds. The normalized spacial score (nSPS) is 26.6. The lowest BCUT2D eigenvalue weighted by Gasteiger charge is -2.29. The van der Waals surface area contributed by atoms with Crippen molar-refractivity contribution < 1.29 is 8.42 Å². The first-order chi connectivity index (χ1) is 5.77. The predicted octanol–water partition coefficient (Wildman–Crippen LogP) is 0.495. The summed E-state index contributed by atoms with van der Waals surface area (Å²) < 4.78 is 24.5. The molecule has 0 saturated carbocycles. The Hall–Kier alpha value is -0.130. The van der Waals surface area contributed by atoms with Gasteiger partial charge in [-0.2, -0.15) is 4.31 Å². The lowest BCUT2D eigenvalue weighted by molar-refractivity contribution is 0.380. The fourth-order valence-corrected chi connectivity index (χ4v) is 2.95. The molecule has 0 aliphatic carbocycles. The first kappa shape index (κ1) is 10.9. The highest BCUT2D eigenvalue weighted by Gasteiger charge is 2.39. The number of rotatable bonds is 1. The van der Waals surface area contributed by atoms with Crippen LogP contribution in [-0.2, 0) is 10.0 Å². The molecule has 1 heterocycles. The van der Waals surface area contributed by atoms with E-state index < -0.39 is 14.8 Å². The fraction of sp³-hybridized carbons (Fsp3) is 1.00. The number of sulfonamides is 1. The van der Waals surface area contributed by atoms with Crippen molar-refractivity contribution in [3.8, 4) is 0 Å². The zero-order valence-electron chi connectivity index (χ0n) is 8.45. The summed E-state index contributed by atoms with van der Waals surface area (Å²) in [6.45, 7) is 5.68. The lowest BCUT2D eigenvalue weighted by atomic mass is 10.3. The zero-order chi connectivity index (χ0) is 10.3. The summed E-state index contributed by atoms with van der Waals surface area (Å²) in [6.07, 6.45) is 1.33. The predicted molar refractivity (Wildman–Crippen MR) is 52.6 cm³/mol. The number of hydrogen-bond donors (Lipinski definition) is 1. The van der Waals surface area contributed by atoms with Crippen LogP contribution in [0.5, 0.6) is 0 Å². The number of nitrogens with zero attached hydrogens (tertiary/aromatic N) is 1. The Balaban J connectivity index is 2.94. The van der Waals surface area contributed by atoms with E-state index in [4.69, 9.17) is 5.73 Å². The highest BCUT2D eigenvalue weighted by molar-refractivity contribution is 7.90. The summed E-state index contributed by atoms with van der Waals surface area (Å²) in [6, 6.07) is 0. The maximum Gasteiger partial charge on any atom is 0.220 e. The van der Waals surface area contributed by atoms with E-state index in [2.05, 4.69) is 0 Å². The van der Waals surface area contributed by atoms with Crippen LogP contribution in [-0.4, -0.2) is 30.2 Å². The van der Waals surface area contributed by atoms with E-state index in [0.717, 1.165) is 12.8 Å². The second kappa shape index (κ2) is 3.22. The first-order valence-corrected chi connectivity index (χ1v) is 5.98. The van der Waals surface area contributed by atoms with Crippen LogP contribution in [0.2, 0.25) is 0 Å². The number of hydrogen-bond acceptors (Lipinski definition) is 3.